The first-order valence-corrected chi connectivity index (χ1v) is 9.52. The van der Waals surface area contributed by atoms with E-state index in [1.54, 1.807) is 6.26 Å². The summed E-state index contributed by atoms with van der Waals surface area (Å²) in [7, 11) is 0. The SMILES string of the molecule is Cc1cc2occ(CC(=O)NCCCN3CCCC[C@H]3C)c2cc1C. The summed E-state index contributed by atoms with van der Waals surface area (Å²) in [5, 5.41) is 4.11. The number of furan rings is 1. The molecule has 1 amide bonds. The fourth-order valence-corrected chi connectivity index (χ4v) is 3.71. The van der Waals surface area contributed by atoms with E-state index < -0.39 is 0 Å². The van der Waals surface area contributed by atoms with Gasteiger partial charge in [0.05, 0.1) is 12.7 Å². The second-order valence-electron chi connectivity index (χ2n) is 7.45. The van der Waals surface area contributed by atoms with Gasteiger partial charge in [-0.2, -0.15) is 0 Å². The number of carbonyl (C=O) groups is 1. The van der Waals surface area contributed by atoms with Gasteiger partial charge in [-0.15, -0.1) is 0 Å². The predicted molar refractivity (Wildman–Crippen MR) is 102 cm³/mol. The molecule has 1 atom stereocenters. The van der Waals surface area contributed by atoms with Crippen molar-refractivity contribution in [2.24, 2.45) is 0 Å². The smallest absolute Gasteiger partial charge is 0.224 e. The Morgan fingerprint density at radius 1 is 1.28 bits per heavy atom. The molecular weight excluding hydrogens is 312 g/mol. The lowest BCUT2D eigenvalue weighted by Crippen LogP contribution is -2.39. The highest BCUT2D eigenvalue weighted by Gasteiger charge is 2.17. The minimum Gasteiger partial charge on any atom is -0.464 e. The Balaban J connectivity index is 1.47. The Morgan fingerprint density at radius 3 is 2.88 bits per heavy atom. The molecule has 4 nitrogen and oxygen atoms in total. The molecule has 0 saturated carbocycles. The number of fused-ring (bicyclic) bond motifs is 1. The van der Waals surface area contributed by atoms with Gasteiger partial charge in [-0.1, -0.05) is 6.42 Å². The molecule has 1 aliphatic heterocycles. The number of piperidine rings is 1. The maximum Gasteiger partial charge on any atom is 0.224 e. The average Bonchev–Trinajstić information content (AvgIpc) is 2.95. The first-order chi connectivity index (χ1) is 12.0. The van der Waals surface area contributed by atoms with Crippen LogP contribution in [-0.2, 0) is 11.2 Å². The molecule has 0 radical (unpaired) electrons. The fourth-order valence-electron chi connectivity index (χ4n) is 3.71. The molecule has 3 rings (SSSR count). The Bertz CT molecular complexity index is 735. The Morgan fingerprint density at radius 2 is 2.08 bits per heavy atom. The molecule has 2 heterocycles. The zero-order valence-electron chi connectivity index (χ0n) is 15.7. The van der Waals surface area contributed by atoms with Gasteiger partial charge < -0.3 is 14.6 Å². The second-order valence-corrected chi connectivity index (χ2v) is 7.45. The largest absolute Gasteiger partial charge is 0.464 e. The standard InChI is InChI=1S/C21H30N2O2/c1-15-11-19-18(14-25-20(19)12-16(15)2)13-21(24)22-8-6-10-23-9-5-4-7-17(23)3/h11-12,14,17H,4-10,13H2,1-3H3,(H,22,24)/t17-/m1/s1. The topological polar surface area (TPSA) is 45.5 Å². The summed E-state index contributed by atoms with van der Waals surface area (Å²) < 4.78 is 5.62. The molecule has 1 fully saturated rings. The third kappa shape index (κ3) is 4.43. The summed E-state index contributed by atoms with van der Waals surface area (Å²) in [6, 6.07) is 4.86. The number of amides is 1. The highest BCUT2D eigenvalue weighted by Crippen LogP contribution is 2.25. The van der Waals surface area contributed by atoms with E-state index in [0.29, 0.717) is 12.5 Å². The Hall–Kier alpha value is -1.81. The van der Waals surface area contributed by atoms with Gasteiger partial charge in [-0.05, 0) is 69.8 Å². The summed E-state index contributed by atoms with van der Waals surface area (Å²) >= 11 is 0. The quantitative estimate of drug-likeness (QED) is 0.808. The van der Waals surface area contributed by atoms with Crippen LogP contribution in [0.3, 0.4) is 0 Å². The molecule has 136 valence electrons. The maximum absolute atomic E-state index is 12.3. The lowest BCUT2D eigenvalue weighted by Gasteiger charge is -2.33. The molecule has 25 heavy (non-hydrogen) atoms. The first-order valence-electron chi connectivity index (χ1n) is 9.52. The Labute approximate surface area is 150 Å². The number of aryl methyl sites for hydroxylation is 2. The zero-order valence-corrected chi connectivity index (χ0v) is 15.7. The molecule has 2 aromatic rings. The third-order valence-corrected chi connectivity index (χ3v) is 5.51. The zero-order chi connectivity index (χ0) is 17.8. The van der Waals surface area contributed by atoms with Gasteiger partial charge in [-0.3, -0.25) is 4.79 Å². The molecule has 0 aliphatic carbocycles. The lowest BCUT2D eigenvalue weighted by atomic mass is 10.0. The van der Waals surface area contributed by atoms with Crippen LogP contribution in [0.2, 0.25) is 0 Å². The van der Waals surface area contributed by atoms with Crippen LogP contribution in [0.25, 0.3) is 11.0 Å². The molecule has 1 aromatic carbocycles. The number of nitrogens with zero attached hydrogens (tertiary/aromatic N) is 1. The first kappa shape index (κ1) is 18.0. The average molecular weight is 342 g/mol. The minimum atomic E-state index is 0.0765. The van der Waals surface area contributed by atoms with E-state index in [0.717, 1.165) is 36.0 Å². The van der Waals surface area contributed by atoms with Crippen molar-refractivity contribution in [3.8, 4) is 0 Å². The normalized spacial score (nSPS) is 18.6. The van der Waals surface area contributed by atoms with Crippen molar-refractivity contribution < 1.29 is 9.21 Å². The maximum atomic E-state index is 12.3. The number of hydrogen-bond acceptors (Lipinski definition) is 3. The Kier molecular flexibility index (Phi) is 5.79. The lowest BCUT2D eigenvalue weighted by molar-refractivity contribution is -0.120. The summed E-state index contributed by atoms with van der Waals surface area (Å²) in [5.41, 5.74) is 4.28. The highest BCUT2D eigenvalue weighted by molar-refractivity contribution is 5.88. The third-order valence-electron chi connectivity index (χ3n) is 5.51. The monoisotopic (exact) mass is 342 g/mol. The van der Waals surface area contributed by atoms with Crippen molar-refractivity contribution in [3.05, 3.63) is 35.1 Å². The second kappa shape index (κ2) is 8.05. The van der Waals surface area contributed by atoms with Crippen LogP contribution in [0, 0.1) is 13.8 Å². The van der Waals surface area contributed by atoms with Gasteiger partial charge in [0.1, 0.15) is 5.58 Å². The van der Waals surface area contributed by atoms with Gasteiger partial charge in [-0.25, -0.2) is 0 Å². The number of nitrogens with one attached hydrogen (secondary N) is 1. The molecule has 0 bridgehead atoms. The fraction of sp³-hybridized carbons (Fsp3) is 0.571. The molecule has 1 aliphatic rings. The molecule has 4 heteroatoms. The van der Waals surface area contributed by atoms with Gasteiger partial charge in [0, 0.05) is 30.1 Å². The number of hydrogen-bond donors (Lipinski definition) is 1. The number of likely N-dealkylation sites (tertiary alicyclic amines) is 1. The molecular formula is C21H30N2O2. The predicted octanol–water partition coefficient (Wildman–Crippen LogP) is 3.97. The van der Waals surface area contributed by atoms with E-state index in [1.807, 2.05) is 6.07 Å². The van der Waals surface area contributed by atoms with Crippen LogP contribution < -0.4 is 5.32 Å². The minimum absolute atomic E-state index is 0.0765. The van der Waals surface area contributed by atoms with Crippen molar-refractivity contribution in [1.82, 2.24) is 10.2 Å². The number of benzene rings is 1. The van der Waals surface area contributed by atoms with Crippen molar-refractivity contribution >= 4 is 16.9 Å². The molecule has 1 aromatic heterocycles. The van der Waals surface area contributed by atoms with E-state index in [-0.39, 0.29) is 5.91 Å². The summed E-state index contributed by atoms with van der Waals surface area (Å²) in [5.74, 6) is 0.0765. The molecule has 0 unspecified atom stereocenters. The van der Waals surface area contributed by atoms with Crippen LogP contribution >= 0.6 is 0 Å². The van der Waals surface area contributed by atoms with E-state index >= 15 is 0 Å². The van der Waals surface area contributed by atoms with Crippen molar-refractivity contribution in [1.29, 1.82) is 0 Å². The van der Waals surface area contributed by atoms with Gasteiger partial charge in [0.15, 0.2) is 0 Å². The van der Waals surface area contributed by atoms with Crippen LogP contribution in [0.5, 0.6) is 0 Å². The van der Waals surface area contributed by atoms with E-state index in [2.05, 4.69) is 37.1 Å². The van der Waals surface area contributed by atoms with E-state index in [9.17, 15) is 4.79 Å². The van der Waals surface area contributed by atoms with Crippen LogP contribution in [-0.4, -0.2) is 36.5 Å². The van der Waals surface area contributed by atoms with Gasteiger partial charge >= 0.3 is 0 Å². The van der Waals surface area contributed by atoms with Crippen LogP contribution in [0.4, 0.5) is 0 Å². The highest BCUT2D eigenvalue weighted by atomic mass is 16.3. The summed E-state index contributed by atoms with van der Waals surface area (Å²) in [4.78, 5) is 14.8. The van der Waals surface area contributed by atoms with E-state index in [1.165, 1.54) is 36.9 Å². The number of rotatable bonds is 6. The van der Waals surface area contributed by atoms with Crippen molar-refractivity contribution in [3.63, 3.8) is 0 Å². The van der Waals surface area contributed by atoms with E-state index in [4.69, 9.17) is 4.42 Å². The molecule has 0 spiro atoms. The van der Waals surface area contributed by atoms with Crippen molar-refractivity contribution in [2.45, 2.75) is 58.9 Å². The summed E-state index contributed by atoms with van der Waals surface area (Å²) in [6.45, 7) is 9.50. The van der Waals surface area contributed by atoms with Crippen molar-refractivity contribution in [2.75, 3.05) is 19.6 Å². The summed E-state index contributed by atoms with van der Waals surface area (Å²) in [6.07, 6.45) is 7.09. The van der Waals surface area contributed by atoms with Gasteiger partial charge in [0.25, 0.3) is 0 Å². The molecule has 1 saturated heterocycles. The molecule has 1 N–H and O–H groups in total. The number of carbonyl (C=O) groups excluding carboxylic acids is 1. The van der Waals surface area contributed by atoms with Crippen LogP contribution in [0.1, 0.15) is 49.3 Å². The van der Waals surface area contributed by atoms with Crippen LogP contribution in [0.15, 0.2) is 22.8 Å². The van der Waals surface area contributed by atoms with Gasteiger partial charge in [0.2, 0.25) is 5.91 Å².